The number of nitrogens with zero attached hydrogens (tertiary/aromatic N) is 1. The fourth-order valence-corrected chi connectivity index (χ4v) is 3.33. The Labute approximate surface area is 118 Å². The van der Waals surface area contributed by atoms with Gasteiger partial charge in [0.25, 0.3) is 0 Å². The van der Waals surface area contributed by atoms with Gasteiger partial charge >= 0.3 is 5.97 Å². The van der Waals surface area contributed by atoms with Crippen molar-refractivity contribution in [2.24, 2.45) is 0 Å². The van der Waals surface area contributed by atoms with Crippen LogP contribution in [0.25, 0.3) is 0 Å². The van der Waals surface area contributed by atoms with Crippen molar-refractivity contribution in [3.05, 3.63) is 23.8 Å². The predicted molar refractivity (Wildman–Crippen MR) is 72.3 cm³/mol. The number of hydrogen-bond donors (Lipinski definition) is 1. The van der Waals surface area contributed by atoms with Gasteiger partial charge in [-0.15, -0.1) is 0 Å². The molecule has 0 aromatic heterocycles. The first-order valence-electron chi connectivity index (χ1n) is 6.28. The number of ether oxygens (including phenoxy) is 1. The van der Waals surface area contributed by atoms with Gasteiger partial charge in [-0.25, -0.2) is 12.7 Å². The molecule has 0 amide bonds. The van der Waals surface area contributed by atoms with Crippen LogP contribution in [-0.2, 0) is 21.2 Å². The summed E-state index contributed by atoms with van der Waals surface area (Å²) in [6.07, 6.45) is 0.505. The summed E-state index contributed by atoms with van der Waals surface area (Å²) in [6.45, 7) is 1.87. The number of carboxylic acids is 1. The lowest BCUT2D eigenvalue weighted by molar-refractivity contribution is -0.137. The van der Waals surface area contributed by atoms with Gasteiger partial charge in [-0.1, -0.05) is 0 Å². The maximum atomic E-state index is 12.3. The molecule has 2 rings (SSSR count). The first-order valence-corrected chi connectivity index (χ1v) is 7.72. The molecular weight excluding hydrogens is 282 g/mol. The third-order valence-electron chi connectivity index (χ3n) is 3.22. The summed E-state index contributed by atoms with van der Waals surface area (Å²) in [7, 11) is -2.28. The third-order valence-corrected chi connectivity index (χ3v) is 5.07. The smallest absolute Gasteiger partial charge is 0.304 e. The van der Waals surface area contributed by atoms with Crippen LogP contribution in [0.3, 0.4) is 0 Å². The van der Waals surface area contributed by atoms with Gasteiger partial charge in [0.1, 0.15) is 11.9 Å². The predicted octanol–water partition coefficient (Wildman–Crippen LogP) is 1.11. The van der Waals surface area contributed by atoms with Gasteiger partial charge < -0.3 is 9.84 Å². The highest BCUT2D eigenvalue weighted by molar-refractivity contribution is 7.89. The van der Waals surface area contributed by atoms with E-state index in [9.17, 15) is 13.2 Å². The summed E-state index contributed by atoms with van der Waals surface area (Å²) < 4.78 is 31.2. The standard InChI is InChI=1S/C13H17NO5S/c1-9-7-10-8-11(3-4-12(10)19-9)20(17,18)14(2)6-5-13(15)16/h3-4,8-9H,5-7H2,1-2H3,(H,15,16). The van der Waals surface area contributed by atoms with Crippen molar-refractivity contribution in [1.82, 2.24) is 4.31 Å². The lowest BCUT2D eigenvalue weighted by Gasteiger charge is -2.16. The van der Waals surface area contributed by atoms with Gasteiger partial charge in [0, 0.05) is 20.0 Å². The molecule has 1 aliphatic rings. The summed E-state index contributed by atoms with van der Waals surface area (Å²) in [5.74, 6) is -0.312. The molecule has 1 aromatic rings. The van der Waals surface area contributed by atoms with Crippen molar-refractivity contribution in [3.63, 3.8) is 0 Å². The van der Waals surface area contributed by atoms with Gasteiger partial charge in [0.05, 0.1) is 11.3 Å². The van der Waals surface area contributed by atoms with E-state index in [1.165, 1.54) is 13.1 Å². The van der Waals surface area contributed by atoms with E-state index >= 15 is 0 Å². The van der Waals surface area contributed by atoms with E-state index in [0.29, 0.717) is 12.2 Å². The molecule has 1 N–H and O–H groups in total. The number of benzene rings is 1. The summed E-state index contributed by atoms with van der Waals surface area (Å²) in [4.78, 5) is 10.7. The minimum Gasteiger partial charge on any atom is -0.490 e. The summed E-state index contributed by atoms with van der Waals surface area (Å²) in [6, 6.07) is 4.74. The van der Waals surface area contributed by atoms with E-state index < -0.39 is 16.0 Å². The molecule has 0 spiro atoms. The lowest BCUT2D eigenvalue weighted by atomic mass is 10.1. The summed E-state index contributed by atoms with van der Waals surface area (Å²) in [5.41, 5.74) is 0.866. The highest BCUT2D eigenvalue weighted by Crippen LogP contribution is 2.31. The molecule has 0 saturated carbocycles. The van der Waals surface area contributed by atoms with Gasteiger partial charge in [-0.05, 0) is 30.7 Å². The number of fused-ring (bicyclic) bond motifs is 1. The quantitative estimate of drug-likeness (QED) is 0.880. The molecule has 1 heterocycles. The maximum Gasteiger partial charge on any atom is 0.304 e. The highest BCUT2D eigenvalue weighted by Gasteiger charge is 2.25. The second-order valence-corrected chi connectivity index (χ2v) is 6.92. The van der Waals surface area contributed by atoms with E-state index in [4.69, 9.17) is 9.84 Å². The fraction of sp³-hybridized carbons (Fsp3) is 0.462. The van der Waals surface area contributed by atoms with Crippen LogP contribution in [0.4, 0.5) is 0 Å². The fourth-order valence-electron chi connectivity index (χ4n) is 2.11. The molecule has 1 atom stereocenters. The molecule has 0 aliphatic carbocycles. The van der Waals surface area contributed by atoms with E-state index in [-0.39, 0.29) is 24.0 Å². The maximum absolute atomic E-state index is 12.3. The molecular formula is C13H17NO5S. The van der Waals surface area contributed by atoms with Crippen molar-refractivity contribution in [2.45, 2.75) is 30.8 Å². The Morgan fingerprint density at radius 1 is 1.50 bits per heavy atom. The number of rotatable bonds is 5. The zero-order chi connectivity index (χ0) is 14.9. The number of hydrogen-bond acceptors (Lipinski definition) is 4. The Morgan fingerprint density at radius 2 is 2.20 bits per heavy atom. The van der Waals surface area contributed by atoms with Crippen molar-refractivity contribution >= 4 is 16.0 Å². The molecule has 0 radical (unpaired) electrons. The third kappa shape index (κ3) is 2.94. The summed E-state index contributed by atoms with van der Waals surface area (Å²) in [5, 5.41) is 8.62. The van der Waals surface area contributed by atoms with Gasteiger partial charge in [-0.2, -0.15) is 0 Å². The zero-order valence-corrected chi connectivity index (χ0v) is 12.2. The Bertz CT molecular complexity index is 626. The topological polar surface area (TPSA) is 83.9 Å². The van der Waals surface area contributed by atoms with E-state index in [1.54, 1.807) is 12.1 Å². The Kier molecular flexibility index (Phi) is 4.01. The van der Waals surface area contributed by atoms with Crippen molar-refractivity contribution < 1.29 is 23.1 Å². The minimum absolute atomic E-state index is 0.0488. The number of carboxylic acid groups (broad SMARTS) is 1. The van der Waals surface area contributed by atoms with Crippen LogP contribution in [0.2, 0.25) is 0 Å². The summed E-state index contributed by atoms with van der Waals surface area (Å²) >= 11 is 0. The van der Waals surface area contributed by atoms with E-state index in [0.717, 1.165) is 9.87 Å². The average Bonchev–Trinajstić information content (AvgIpc) is 2.74. The average molecular weight is 299 g/mol. The second kappa shape index (κ2) is 5.41. The largest absolute Gasteiger partial charge is 0.490 e. The number of sulfonamides is 1. The van der Waals surface area contributed by atoms with Crippen LogP contribution in [0.1, 0.15) is 18.9 Å². The number of aliphatic carboxylic acids is 1. The first-order chi connectivity index (χ1) is 9.30. The van der Waals surface area contributed by atoms with Crippen LogP contribution in [0.5, 0.6) is 5.75 Å². The van der Waals surface area contributed by atoms with E-state index in [1.807, 2.05) is 6.92 Å². The molecule has 110 valence electrons. The van der Waals surface area contributed by atoms with Crippen molar-refractivity contribution in [1.29, 1.82) is 0 Å². The lowest BCUT2D eigenvalue weighted by Crippen LogP contribution is -2.29. The SMILES string of the molecule is CC1Cc2cc(S(=O)(=O)N(C)CCC(=O)O)ccc2O1. The Hall–Kier alpha value is -1.60. The van der Waals surface area contributed by atoms with E-state index in [2.05, 4.69) is 0 Å². The molecule has 20 heavy (non-hydrogen) atoms. The first kappa shape index (κ1) is 14.8. The van der Waals surface area contributed by atoms with Gasteiger partial charge in [0.15, 0.2) is 0 Å². The zero-order valence-electron chi connectivity index (χ0n) is 11.4. The minimum atomic E-state index is -3.66. The Morgan fingerprint density at radius 3 is 2.85 bits per heavy atom. The molecule has 7 heteroatoms. The number of carbonyl (C=O) groups is 1. The molecule has 6 nitrogen and oxygen atoms in total. The van der Waals surface area contributed by atoms with Gasteiger partial charge in [-0.3, -0.25) is 4.79 Å². The van der Waals surface area contributed by atoms with Crippen LogP contribution < -0.4 is 4.74 Å². The van der Waals surface area contributed by atoms with Crippen LogP contribution >= 0.6 is 0 Å². The molecule has 0 bridgehead atoms. The van der Waals surface area contributed by atoms with Gasteiger partial charge in [0.2, 0.25) is 10.0 Å². The molecule has 1 aromatic carbocycles. The molecule has 0 saturated heterocycles. The molecule has 1 aliphatic heterocycles. The normalized spacial score (nSPS) is 17.9. The van der Waals surface area contributed by atoms with Crippen molar-refractivity contribution in [3.8, 4) is 5.75 Å². The van der Waals surface area contributed by atoms with Crippen LogP contribution in [-0.4, -0.2) is 43.5 Å². The van der Waals surface area contributed by atoms with Crippen LogP contribution in [0, 0.1) is 0 Å². The monoisotopic (exact) mass is 299 g/mol. The second-order valence-electron chi connectivity index (χ2n) is 4.87. The van der Waals surface area contributed by atoms with Crippen molar-refractivity contribution in [2.75, 3.05) is 13.6 Å². The molecule has 1 unspecified atom stereocenters. The highest BCUT2D eigenvalue weighted by atomic mass is 32.2. The van der Waals surface area contributed by atoms with Crippen LogP contribution in [0.15, 0.2) is 23.1 Å². The molecule has 0 fully saturated rings. The Balaban J connectivity index is 2.22.